The Hall–Kier alpha value is -1.42. The van der Waals surface area contributed by atoms with Gasteiger partial charge in [0.15, 0.2) is 0 Å². The maximum Gasteiger partial charge on any atom is 0.224 e. The molecule has 1 aromatic rings. The number of hydrogen-bond acceptors (Lipinski definition) is 2. The zero-order valence-electron chi connectivity index (χ0n) is 11.8. The van der Waals surface area contributed by atoms with Crippen LogP contribution in [0, 0.1) is 17.7 Å². The number of nitrogens with two attached hydrogens (primary N) is 1. The van der Waals surface area contributed by atoms with E-state index in [4.69, 9.17) is 5.73 Å². The summed E-state index contributed by atoms with van der Waals surface area (Å²) in [6, 6.07) is 6.41. The fourth-order valence-electron chi connectivity index (χ4n) is 2.99. The van der Waals surface area contributed by atoms with Gasteiger partial charge in [0.2, 0.25) is 5.91 Å². The average molecular weight is 278 g/mol. The summed E-state index contributed by atoms with van der Waals surface area (Å²) in [4.78, 5) is 11.9. The molecule has 2 rings (SSSR count). The molecule has 0 bridgehead atoms. The molecule has 0 aliphatic heterocycles. The van der Waals surface area contributed by atoms with Crippen molar-refractivity contribution >= 4 is 5.91 Å². The maximum absolute atomic E-state index is 13.5. The third-order valence-corrected chi connectivity index (χ3v) is 4.24. The highest BCUT2D eigenvalue weighted by Gasteiger charge is 2.24. The van der Waals surface area contributed by atoms with E-state index < -0.39 is 0 Å². The Morgan fingerprint density at radius 2 is 1.95 bits per heavy atom. The lowest BCUT2D eigenvalue weighted by Crippen LogP contribution is -2.37. The first-order valence-corrected chi connectivity index (χ1v) is 7.41. The molecule has 1 aliphatic carbocycles. The lowest BCUT2D eigenvalue weighted by molar-refractivity contribution is -0.120. The molecule has 0 heterocycles. The van der Waals surface area contributed by atoms with E-state index in [-0.39, 0.29) is 18.1 Å². The van der Waals surface area contributed by atoms with Crippen LogP contribution in [0.25, 0.3) is 0 Å². The van der Waals surface area contributed by atoms with Gasteiger partial charge in [0.05, 0.1) is 6.42 Å². The zero-order chi connectivity index (χ0) is 14.4. The highest BCUT2D eigenvalue weighted by atomic mass is 19.1. The summed E-state index contributed by atoms with van der Waals surface area (Å²) in [5.74, 6) is 0.549. The maximum atomic E-state index is 13.5. The molecule has 2 atom stereocenters. The molecule has 4 heteroatoms. The van der Waals surface area contributed by atoms with Gasteiger partial charge in [-0.2, -0.15) is 0 Å². The van der Waals surface area contributed by atoms with Crippen molar-refractivity contribution in [3.63, 3.8) is 0 Å². The van der Waals surface area contributed by atoms with Crippen molar-refractivity contribution in [2.75, 3.05) is 13.1 Å². The van der Waals surface area contributed by atoms with Gasteiger partial charge in [-0.1, -0.05) is 31.0 Å². The van der Waals surface area contributed by atoms with Crippen LogP contribution in [0.15, 0.2) is 24.3 Å². The third-order valence-electron chi connectivity index (χ3n) is 4.24. The zero-order valence-corrected chi connectivity index (χ0v) is 11.8. The Morgan fingerprint density at radius 3 is 2.65 bits per heavy atom. The number of hydrogen-bond donors (Lipinski definition) is 2. The Balaban J connectivity index is 1.81. The predicted molar refractivity (Wildman–Crippen MR) is 77.6 cm³/mol. The Bertz CT molecular complexity index is 450. The fourth-order valence-corrected chi connectivity index (χ4v) is 2.99. The second-order valence-corrected chi connectivity index (χ2v) is 5.61. The lowest BCUT2D eigenvalue weighted by Gasteiger charge is -2.30. The van der Waals surface area contributed by atoms with Crippen LogP contribution < -0.4 is 11.1 Å². The molecule has 1 amide bonds. The smallest absolute Gasteiger partial charge is 0.224 e. The molecule has 1 aliphatic rings. The monoisotopic (exact) mass is 278 g/mol. The molecule has 0 saturated heterocycles. The van der Waals surface area contributed by atoms with E-state index in [1.165, 1.54) is 18.9 Å². The molecule has 1 aromatic carbocycles. The number of benzene rings is 1. The van der Waals surface area contributed by atoms with E-state index in [0.29, 0.717) is 30.5 Å². The SMILES string of the molecule is NCC1CCCCC1CNC(=O)Cc1ccccc1F. The van der Waals surface area contributed by atoms with E-state index in [0.717, 1.165) is 12.8 Å². The Kier molecular flexibility index (Phi) is 5.53. The minimum Gasteiger partial charge on any atom is -0.356 e. The molecule has 0 aromatic heterocycles. The van der Waals surface area contributed by atoms with E-state index in [1.54, 1.807) is 18.2 Å². The van der Waals surface area contributed by atoms with Crippen molar-refractivity contribution < 1.29 is 9.18 Å². The molecule has 2 unspecified atom stereocenters. The fraction of sp³-hybridized carbons (Fsp3) is 0.562. The topological polar surface area (TPSA) is 55.1 Å². The number of rotatable bonds is 5. The molecule has 1 fully saturated rings. The van der Waals surface area contributed by atoms with Crippen molar-refractivity contribution in [1.29, 1.82) is 0 Å². The standard InChI is InChI=1S/C16H23FN2O/c17-15-8-4-3-5-12(15)9-16(20)19-11-14-7-2-1-6-13(14)10-18/h3-5,8,13-14H,1-2,6-7,9-11,18H2,(H,19,20). The van der Waals surface area contributed by atoms with E-state index in [2.05, 4.69) is 5.32 Å². The molecule has 0 radical (unpaired) electrons. The molecule has 3 N–H and O–H groups in total. The van der Waals surface area contributed by atoms with Crippen LogP contribution in [0.2, 0.25) is 0 Å². The normalized spacial score (nSPS) is 22.5. The summed E-state index contributed by atoms with van der Waals surface area (Å²) in [5.41, 5.74) is 6.23. The summed E-state index contributed by atoms with van der Waals surface area (Å²) in [6.07, 6.45) is 4.84. The third kappa shape index (κ3) is 4.04. The van der Waals surface area contributed by atoms with E-state index >= 15 is 0 Å². The van der Waals surface area contributed by atoms with Gasteiger partial charge in [-0.05, 0) is 42.9 Å². The second kappa shape index (κ2) is 7.39. The number of carbonyl (C=O) groups is 1. The van der Waals surface area contributed by atoms with Crippen LogP contribution in [0.1, 0.15) is 31.2 Å². The molecule has 0 spiro atoms. The molecular formula is C16H23FN2O. The van der Waals surface area contributed by atoms with Crippen LogP contribution in [-0.4, -0.2) is 19.0 Å². The number of amides is 1. The van der Waals surface area contributed by atoms with Gasteiger partial charge in [-0.3, -0.25) is 4.79 Å². The first kappa shape index (κ1) is 15.0. The highest BCUT2D eigenvalue weighted by Crippen LogP contribution is 2.28. The Labute approximate surface area is 119 Å². The summed E-state index contributed by atoms with van der Waals surface area (Å²) >= 11 is 0. The van der Waals surface area contributed by atoms with E-state index in [9.17, 15) is 9.18 Å². The average Bonchev–Trinajstić information content (AvgIpc) is 2.48. The highest BCUT2D eigenvalue weighted by molar-refractivity contribution is 5.78. The largest absolute Gasteiger partial charge is 0.356 e. The molecule has 20 heavy (non-hydrogen) atoms. The van der Waals surface area contributed by atoms with Crippen molar-refractivity contribution in [3.8, 4) is 0 Å². The van der Waals surface area contributed by atoms with Crippen molar-refractivity contribution in [3.05, 3.63) is 35.6 Å². The lowest BCUT2D eigenvalue weighted by atomic mass is 9.79. The van der Waals surface area contributed by atoms with Crippen LogP contribution in [0.5, 0.6) is 0 Å². The minimum atomic E-state index is -0.319. The molecular weight excluding hydrogens is 255 g/mol. The molecule has 1 saturated carbocycles. The van der Waals surface area contributed by atoms with Gasteiger partial charge in [-0.15, -0.1) is 0 Å². The first-order chi connectivity index (χ1) is 9.70. The van der Waals surface area contributed by atoms with Gasteiger partial charge in [0.25, 0.3) is 0 Å². The summed E-state index contributed by atoms with van der Waals surface area (Å²) in [6.45, 7) is 1.35. The van der Waals surface area contributed by atoms with Crippen LogP contribution in [0.3, 0.4) is 0 Å². The predicted octanol–water partition coefficient (Wildman–Crippen LogP) is 2.25. The van der Waals surface area contributed by atoms with Crippen LogP contribution in [-0.2, 0) is 11.2 Å². The minimum absolute atomic E-state index is 0.104. The van der Waals surface area contributed by atoms with Crippen molar-refractivity contribution in [2.45, 2.75) is 32.1 Å². The van der Waals surface area contributed by atoms with E-state index in [1.807, 2.05) is 0 Å². The van der Waals surface area contributed by atoms with Crippen LogP contribution in [0.4, 0.5) is 4.39 Å². The van der Waals surface area contributed by atoms with Gasteiger partial charge >= 0.3 is 0 Å². The second-order valence-electron chi connectivity index (χ2n) is 5.61. The van der Waals surface area contributed by atoms with Gasteiger partial charge < -0.3 is 11.1 Å². The molecule has 3 nitrogen and oxygen atoms in total. The van der Waals surface area contributed by atoms with Gasteiger partial charge in [-0.25, -0.2) is 4.39 Å². The first-order valence-electron chi connectivity index (χ1n) is 7.41. The van der Waals surface area contributed by atoms with Gasteiger partial charge in [0, 0.05) is 6.54 Å². The summed E-state index contributed by atoms with van der Waals surface area (Å²) in [7, 11) is 0. The Morgan fingerprint density at radius 1 is 1.25 bits per heavy atom. The van der Waals surface area contributed by atoms with Crippen LogP contribution >= 0.6 is 0 Å². The number of nitrogens with one attached hydrogen (secondary N) is 1. The molecule has 110 valence electrons. The quantitative estimate of drug-likeness (QED) is 0.868. The summed E-state index contributed by atoms with van der Waals surface area (Å²) < 4.78 is 13.5. The van der Waals surface area contributed by atoms with Gasteiger partial charge in [0.1, 0.15) is 5.82 Å². The van der Waals surface area contributed by atoms with Crippen molar-refractivity contribution in [2.24, 2.45) is 17.6 Å². The number of carbonyl (C=O) groups excluding carboxylic acids is 1. The summed E-state index contributed by atoms with van der Waals surface area (Å²) in [5, 5.41) is 2.93. The van der Waals surface area contributed by atoms with Crippen molar-refractivity contribution in [1.82, 2.24) is 5.32 Å². The number of halogens is 1.